The highest BCUT2D eigenvalue weighted by Crippen LogP contribution is 2.28. The molecule has 130 valence electrons. The minimum Gasteiger partial charge on any atom is -0.355 e. The smallest absolute Gasteiger partial charge is 0.355 e. The first-order valence-corrected chi connectivity index (χ1v) is 8.70. The number of carbonyl (C=O) groups excluding carboxylic acids is 1. The zero-order valence-corrected chi connectivity index (χ0v) is 13.9. The van der Waals surface area contributed by atoms with Gasteiger partial charge in [0.1, 0.15) is 0 Å². The fourth-order valence-electron chi connectivity index (χ4n) is 1.63. The number of aromatic nitrogens is 3. The Morgan fingerprint density at radius 2 is 1.92 bits per heavy atom. The minimum absolute atomic E-state index is 0.0941. The van der Waals surface area contributed by atoms with Crippen LogP contribution in [0, 0.1) is 0 Å². The number of nitrogen functional groups attached to an aromatic ring is 1. The van der Waals surface area contributed by atoms with Crippen molar-refractivity contribution in [2.45, 2.75) is 16.2 Å². The van der Waals surface area contributed by atoms with Gasteiger partial charge in [-0.1, -0.05) is 30.0 Å². The first-order valence-electron chi connectivity index (χ1n) is 6.73. The third-order valence-corrected chi connectivity index (χ3v) is 4.64. The van der Waals surface area contributed by atoms with E-state index in [0.29, 0.717) is 17.0 Å². The summed E-state index contributed by atoms with van der Waals surface area (Å²) < 4.78 is 37.9. The molecule has 11 heteroatoms. The van der Waals surface area contributed by atoms with Gasteiger partial charge >= 0.3 is 6.18 Å². The van der Waals surface area contributed by atoms with Crippen LogP contribution in [0.2, 0.25) is 0 Å². The van der Waals surface area contributed by atoms with Crippen molar-refractivity contribution in [3.05, 3.63) is 36.2 Å². The number of nitrogens with one attached hydrogen (secondary N) is 1. The zero-order chi connectivity index (χ0) is 17.6. The second-order valence-electron chi connectivity index (χ2n) is 4.47. The molecule has 1 amide bonds. The summed E-state index contributed by atoms with van der Waals surface area (Å²) in [5, 5.41) is 8.83. The molecule has 0 spiro atoms. The van der Waals surface area contributed by atoms with Gasteiger partial charge < -0.3 is 11.2 Å². The molecule has 1 aromatic heterocycles. The first kappa shape index (κ1) is 18.5. The van der Waals surface area contributed by atoms with Gasteiger partial charge in [0, 0.05) is 17.2 Å². The van der Waals surface area contributed by atoms with Crippen LogP contribution >= 0.6 is 23.5 Å². The molecule has 1 heterocycles. The standard InChI is InChI=1S/C13H14F3N5OS2/c14-13(15,16)11-19-20-12(21(11)17)24-8-10(22)18-6-7-23-9-4-2-1-3-5-9/h1-5H,6-8,17H2,(H,18,22). The van der Waals surface area contributed by atoms with Crippen LogP contribution in [0.15, 0.2) is 40.4 Å². The number of hydrogen-bond acceptors (Lipinski definition) is 6. The van der Waals surface area contributed by atoms with Crippen LogP contribution in [0.5, 0.6) is 0 Å². The van der Waals surface area contributed by atoms with Gasteiger partial charge in [-0.05, 0) is 12.1 Å². The zero-order valence-electron chi connectivity index (χ0n) is 12.3. The summed E-state index contributed by atoms with van der Waals surface area (Å²) in [6.07, 6.45) is -4.68. The summed E-state index contributed by atoms with van der Waals surface area (Å²) in [4.78, 5) is 12.8. The van der Waals surface area contributed by atoms with E-state index in [-0.39, 0.29) is 16.8 Å². The molecule has 24 heavy (non-hydrogen) atoms. The van der Waals surface area contributed by atoms with Gasteiger partial charge in [-0.2, -0.15) is 13.2 Å². The molecule has 0 aliphatic heterocycles. The van der Waals surface area contributed by atoms with Crippen molar-refractivity contribution in [1.82, 2.24) is 20.2 Å². The minimum atomic E-state index is -4.68. The van der Waals surface area contributed by atoms with Crippen molar-refractivity contribution in [2.75, 3.05) is 23.9 Å². The van der Waals surface area contributed by atoms with Crippen LogP contribution in [0.25, 0.3) is 0 Å². The maximum atomic E-state index is 12.5. The van der Waals surface area contributed by atoms with Crippen LogP contribution in [0.3, 0.4) is 0 Å². The van der Waals surface area contributed by atoms with E-state index in [9.17, 15) is 18.0 Å². The predicted molar refractivity (Wildman–Crippen MR) is 86.1 cm³/mol. The number of benzene rings is 1. The number of thioether (sulfide) groups is 2. The Labute approximate surface area is 144 Å². The van der Waals surface area contributed by atoms with E-state index in [1.807, 2.05) is 30.3 Å². The number of nitrogens with zero attached hydrogens (tertiary/aromatic N) is 3. The maximum absolute atomic E-state index is 12.5. The Kier molecular flexibility index (Phi) is 6.37. The summed E-state index contributed by atoms with van der Waals surface area (Å²) in [5.74, 6) is 4.25. The van der Waals surface area contributed by atoms with Gasteiger partial charge in [-0.3, -0.25) is 4.79 Å². The average Bonchev–Trinajstić information content (AvgIpc) is 2.91. The van der Waals surface area contributed by atoms with Crippen molar-refractivity contribution < 1.29 is 18.0 Å². The molecule has 0 saturated heterocycles. The Balaban J connectivity index is 1.71. The second kappa shape index (κ2) is 8.29. The van der Waals surface area contributed by atoms with E-state index < -0.39 is 12.0 Å². The lowest BCUT2D eigenvalue weighted by Crippen LogP contribution is -2.27. The predicted octanol–water partition coefficient (Wildman–Crippen LogP) is 2.01. The molecule has 3 N–H and O–H groups in total. The number of nitrogens with two attached hydrogens (primary N) is 1. The molecule has 0 saturated carbocycles. The lowest BCUT2D eigenvalue weighted by Gasteiger charge is -2.06. The molecule has 0 bridgehead atoms. The summed E-state index contributed by atoms with van der Waals surface area (Å²) in [6, 6.07) is 9.71. The SMILES string of the molecule is Nn1c(SCC(=O)NCCSc2ccccc2)nnc1C(F)(F)F. The summed E-state index contributed by atoms with van der Waals surface area (Å²) in [5.41, 5.74) is 0. The van der Waals surface area contributed by atoms with Gasteiger partial charge in [0.05, 0.1) is 5.75 Å². The topological polar surface area (TPSA) is 85.8 Å². The van der Waals surface area contributed by atoms with Crippen LogP contribution < -0.4 is 11.2 Å². The van der Waals surface area contributed by atoms with Crippen molar-refractivity contribution in [2.24, 2.45) is 0 Å². The van der Waals surface area contributed by atoms with Crippen LogP contribution in [-0.2, 0) is 11.0 Å². The Hall–Kier alpha value is -1.88. The summed E-state index contributed by atoms with van der Waals surface area (Å²) in [6.45, 7) is 0.446. The van der Waals surface area contributed by atoms with E-state index in [1.54, 1.807) is 11.8 Å². The fourth-order valence-corrected chi connectivity index (χ4v) is 3.10. The number of amides is 1. The quantitative estimate of drug-likeness (QED) is 0.436. The second-order valence-corrected chi connectivity index (χ2v) is 6.58. The molecule has 0 aliphatic carbocycles. The highest BCUT2D eigenvalue weighted by molar-refractivity contribution is 7.99. The third kappa shape index (κ3) is 5.34. The van der Waals surface area contributed by atoms with E-state index in [1.165, 1.54) is 0 Å². The molecule has 0 atom stereocenters. The maximum Gasteiger partial charge on any atom is 0.453 e. The van der Waals surface area contributed by atoms with Crippen molar-refractivity contribution in [1.29, 1.82) is 0 Å². The van der Waals surface area contributed by atoms with Crippen LogP contribution in [0.4, 0.5) is 13.2 Å². The molecule has 0 fully saturated rings. The first-order chi connectivity index (χ1) is 11.4. The lowest BCUT2D eigenvalue weighted by molar-refractivity contribution is -0.146. The molecule has 2 aromatic rings. The molecule has 0 radical (unpaired) electrons. The summed E-state index contributed by atoms with van der Waals surface area (Å²) in [7, 11) is 0. The van der Waals surface area contributed by atoms with Gasteiger partial charge in [-0.15, -0.1) is 22.0 Å². The van der Waals surface area contributed by atoms with E-state index in [0.717, 1.165) is 16.7 Å². The third-order valence-electron chi connectivity index (χ3n) is 2.69. The molecule has 0 unspecified atom stereocenters. The fraction of sp³-hybridized carbons (Fsp3) is 0.308. The van der Waals surface area contributed by atoms with Crippen LogP contribution in [0.1, 0.15) is 5.82 Å². The van der Waals surface area contributed by atoms with Crippen molar-refractivity contribution in [3.63, 3.8) is 0 Å². The van der Waals surface area contributed by atoms with Gasteiger partial charge in [0.2, 0.25) is 11.1 Å². The Morgan fingerprint density at radius 3 is 2.54 bits per heavy atom. The Bertz CT molecular complexity index is 678. The molecule has 6 nitrogen and oxygen atoms in total. The van der Waals surface area contributed by atoms with Gasteiger partial charge in [-0.25, -0.2) is 4.68 Å². The number of hydrogen-bond donors (Lipinski definition) is 2. The lowest BCUT2D eigenvalue weighted by atomic mass is 10.4. The van der Waals surface area contributed by atoms with Crippen LogP contribution in [-0.4, -0.2) is 38.8 Å². The molecule has 1 aromatic carbocycles. The average molecular weight is 377 g/mol. The largest absolute Gasteiger partial charge is 0.453 e. The molecular formula is C13H14F3N5OS2. The number of carbonyl (C=O) groups is 1. The molecular weight excluding hydrogens is 363 g/mol. The number of rotatable bonds is 7. The van der Waals surface area contributed by atoms with E-state index in [2.05, 4.69) is 15.5 Å². The molecule has 2 rings (SSSR count). The van der Waals surface area contributed by atoms with E-state index in [4.69, 9.17) is 5.84 Å². The van der Waals surface area contributed by atoms with Crippen molar-refractivity contribution >= 4 is 29.4 Å². The highest BCUT2D eigenvalue weighted by Gasteiger charge is 2.38. The van der Waals surface area contributed by atoms with Gasteiger partial charge in [0.15, 0.2) is 0 Å². The van der Waals surface area contributed by atoms with Gasteiger partial charge in [0.25, 0.3) is 5.82 Å². The van der Waals surface area contributed by atoms with Crippen molar-refractivity contribution in [3.8, 4) is 0 Å². The number of halogens is 3. The molecule has 0 aliphatic rings. The van der Waals surface area contributed by atoms with E-state index >= 15 is 0 Å². The Morgan fingerprint density at radius 1 is 1.21 bits per heavy atom. The number of alkyl halides is 3. The normalized spacial score (nSPS) is 11.5. The summed E-state index contributed by atoms with van der Waals surface area (Å²) >= 11 is 2.38. The monoisotopic (exact) mass is 377 g/mol. The highest BCUT2D eigenvalue weighted by atomic mass is 32.2.